The molecule has 0 atom stereocenters. The molecular formula is C20H31BrN2O3. The largest absolute Gasteiger partial charge is 0.496 e. The van der Waals surface area contributed by atoms with E-state index in [-0.39, 0.29) is 11.5 Å². The molecule has 0 unspecified atom stereocenters. The second-order valence-electron chi connectivity index (χ2n) is 8.31. The smallest absolute Gasteiger partial charge is 0.407 e. The quantitative estimate of drug-likeness (QED) is 0.679. The Bertz CT molecular complexity index is 608. The molecule has 2 rings (SSSR count). The van der Waals surface area contributed by atoms with Gasteiger partial charge in [-0.25, -0.2) is 4.79 Å². The van der Waals surface area contributed by atoms with E-state index in [9.17, 15) is 9.90 Å². The van der Waals surface area contributed by atoms with E-state index in [0.29, 0.717) is 12.6 Å². The van der Waals surface area contributed by atoms with E-state index in [0.717, 1.165) is 48.0 Å². The van der Waals surface area contributed by atoms with Gasteiger partial charge in [0.25, 0.3) is 0 Å². The second kappa shape index (κ2) is 9.09. The molecule has 1 aromatic rings. The number of nitrogens with zero attached hydrogens (tertiary/aromatic N) is 1. The number of hydrogen-bond acceptors (Lipinski definition) is 3. The first-order chi connectivity index (χ1) is 12.2. The minimum Gasteiger partial charge on any atom is -0.496 e. The number of nitrogens with one attached hydrogen (secondary N) is 1. The molecule has 26 heavy (non-hydrogen) atoms. The molecule has 6 heteroatoms. The number of carboxylic acid groups (broad SMARTS) is 1. The topological polar surface area (TPSA) is 61.8 Å². The lowest BCUT2D eigenvalue weighted by Gasteiger charge is -2.38. The van der Waals surface area contributed by atoms with Gasteiger partial charge in [-0.05, 0) is 49.3 Å². The number of hydrogen-bond donors (Lipinski definition) is 2. The Hall–Kier alpha value is -1.27. The molecule has 1 saturated carbocycles. The minimum atomic E-state index is -0.796. The van der Waals surface area contributed by atoms with Crippen LogP contribution in [0.5, 0.6) is 5.75 Å². The Morgan fingerprint density at radius 1 is 1.31 bits per heavy atom. The molecule has 0 aromatic heterocycles. The Morgan fingerprint density at radius 2 is 1.96 bits per heavy atom. The normalized spacial score (nSPS) is 20.7. The van der Waals surface area contributed by atoms with Gasteiger partial charge in [0.2, 0.25) is 0 Å². The van der Waals surface area contributed by atoms with E-state index in [1.165, 1.54) is 0 Å². The van der Waals surface area contributed by atoms with Gasteiger partial charge in [0.05, 0.1) is 7.11 Å². The van der Waals surface area contributed by atoms with Crippen molar-refractivity contribution in [1.82, 2.24) is 10.2 Å². The van der Waals surface area contributed by atoms with E-state index in [1.807, 2.05) is 12.1 Å². The summed E-state index contributed by atoms with van der Waals surface area (Å²) in [5.41, 5.74) is 1.11. The second-order valence-corrected chi connectivity index (χ2v) is 9.23. The molecule has 0 spiro atoms. The van der Waals surface area contributed by atoms with Gasteiger partial charge in [-0.1, -0.05) is 36.7 Å². The molecule has 1 aromatic carbocycles. The van der Waals surface area contributed by atoms with Crippen LogP contribution in [0.15, 0.2) is 22.7 Å². The zero-order valence-corrected chi connectivity index (χ0v) is 17.8. The highest BCUT2D eigenvalue weighted by atomic mass is 79.9. The summed E-state index contributed by atoms with van der Waals surface area (Å²) in [6.07, 6.45) is 3.02. The summed E-state index contributed by atoms with van der Waals surface area (Å²) in [5, 5.41) is 13.2. The number of methoxy groups -OCH3 is 1. The maximum Gasteiger partial charge on any atom is 0.407 e. The van der Waals surface area contributed by atoms with E-state index >= 15 is 0 Å². The highest BCUT2D eigenvalue weighted by Gasteiger charge is 2.31. The highest BCUT2D eigenvalue weighted by Crippen LogP contribution is 2.28. The van der Waals surface area contributed by atoms with Crippen molar-refractivity contribution in [3.05, 3.63) is 28.2 Å². The van der Waals surface area contributed by atoms with Crippen LogP contribution in [0.25, 0.3) is 0 Å². The van der Waals surface area contributed by atoms with Gasteiger partial charge < -0.3 is 20.1 Å². The van der Waals surface area contributed by atoms with Gasteiger partial charge >= 0.3 is 6.09 Å². The predicted octanol–water partition coefficient (Wildman–Crippen LogP) is 4.88. The minimum absolute atomic E-state index is 0.0231. The summed E-state index contributed by atoms with van der Waals surface area (Å²) in [6.45, 7) is 7.59. The fourth-order valence-electron chi connectivity index (χ4n) is 3.60. The third-order valence-corrected chi connectivity index (χ3v) is 5.34. The van der Waals surface area contributed by atoms with Crippen molar-refractivity contribution in [3.63, 3.8) is 0 Å². The third-order valence-electron chi connectivity index (χ3n) is 4.85. The summed E-state index contributed by atoms with van der Waals surface area (Å²) in [6, 6.07) is 6.57. The molecule has 146 valence electrons. The van der Waals surface area contributed by atoms with Crippen molar-refractivity contribution in [1.29, 1.82) is 0 Å². The van der Waals surface area contributed by atoms with Crippen LogP contribution < -0.4 is 10.1 Å². The molecule has 1 aliphatic carbocycles. The van der Waals surface area contributed by atoms with Crippen molar-refractivity contribution in [2.75, 3.05) is 13.7 Å². The Morgan fingerprint density at radius 3 is 2.50 bits per heavy atom. The maximum absolute atomic E-state index is 11.7. The molecule has 1 aliphatic rings. The van der Waals surface area contributed by atoms with E-state index < -0.39 is 6.09 Å². The number of benzene rings is 1. The van der Waals surface area contributed by atoms with Crippen molar-refractivity contribution in [2.24, 2.45) is 5.41 Å². The number of carbonyl (C=O) groups is 1. The molecular weight excluding hydrogens is 396 g/mol. The van der Waals surface area contributed by atoms with E-state index in [1.54, 1.807) is 12.0 Å². The molecule has 0 heterocycles. The average Bonchev–Trinajstić information content (AvgIpc) is 2.57. The number of amides is 1. The Balaban J connectivity index is 1.88. The SMILES string of the molecule is COc1ccc(Br)cc1CNC1CCC(N(CC(C)(C)C)C(=O)O)CC1. The summed E-state index contributed by atoms with van der Waals surface area (Å²) < 4.78 is 6.47. The average molecular weight is 427 g/mol. The van der Waals surface area contributed by atoms with Gasteiger partial charge in [-0.2, -0.15) is 0 Å². The molecule has 0 saturated heterocycles. The van der Waals surface area contributed by atoms with E-state index in [2.05, 4.69) is 48.1 Å². The monoisotopic (exact) mass is 426 g/mol. The van der Waals surface area contributed by atoms with Gasteiger partial charge in [-0.3, -0.25) is 0 Å². The molecule has 2 N–H and O–H groups in total. The lowest BCUT2D eigenvalue weighted by molar-refractivity contribution is 0.0847. The van der Waals surface area contributed by atoms with Crippen molar-refractivity contribution >= 4 is 22.0 Å². The van der Waals surface area contributed by atoms with Crippen LogP contribution in [0.2, 0.25) is 0 Å². The number of rotatable bonds is 6. The van der Waals surface area contributed by atoms with Crippen molar-refractivity contribution in [3.8, 4) is 5.75 Å². The molecule has 0 bridgehead atoms. The van der Waals surface area contributed by atoms with Crippen LogP contribution in [-0.4, -0.2) is 41.8 Å². The third kappa shape index (κ3) is 6.16. The zero-order valence-electron chi connectivity index (χ0n) is 16.2. The van der Waals surface area contributed by atoms with Crippen molar-refractivity contribution in [2.45, 2.75) is 65.1 Å². The Labute approximate surface area is 165 Å². The summed E-state index contributed by atoms with van der Waals surface area (Å²) in [4.78, 5) is 13.3. The predicted molar refractivity (Wildman–Crippen MR) is 108 cm³/mol. The summed E-state index contributed by atoms with van der Waals surface area (Å²) in [7, 11) is 1.69. The first-order valence-electron chi connectivity index (χ1n) is 9.25. The maximum atomic E-state index is 11.7. The molecule has 1 fully saturated rings. The van der Waals surface area contributed by atoms with Crippen LogP contribution in [0.3, 0.4) is 0 Å². The van der Waals surface area contributed by atoms with E-state index in [4.69, 9.17) is 4.74 Å². The number of halogens is 1. The van der Waals surface area contributed by atoms with Gasteiger partial charge in [0, 0.05) is 35.2 Å². The van der Waals surface area contributed by atoms with Gasteiger partial charge in [-0.15, -0.1) is 0 Å². The lowest BCUT2D eigenvalue weighted by Crippen LogP contribution is -2.47. The van der Waals surface area contributed by atoms with Crippen LogP contribution in [0, 0.1) is 5.41 Å². The standard InChI is InChI=1S/C20H31BrN2O3/c1-20(2,3)13-23(19(24)25)17-8-6-16(7-9-17)22-12-14-11-15(21)5-10-18(14)26-4/h5,10-11,16-17,22H,6-9,12-13H2,1-4H3,(H,24,25). The Kier molecular flexibility index (Phi) is 7.35. The van der Waals surface area contributed by atoms with Gasteiger partial charge in [0.1, 0.15) is 5.75 Å². The summed E-state index contributed by atoms with van der Waals surface area (Å²) >= 11 is 3.51. The summed E-state index contributed by atoms with van der Waals surface area (Å²) in [5.74, 6) is 0.886. The van der Waals surface area contributed by atoms with Crippen LogP contribution in [-0.2, 0) is 6.54 Å². The molecule has 5 nitrogen and oxygen atoms in total. The number of ether oxygens (including phenoxy) is 1. The molecule has 0 aliphatic heterocycles. The fraction of sp³-hybridized carbons (Fsp3) is 0.650. The lowest BCUT2D eigenvalue weighted by atomic mass is 9.88. The van der Waals surface area contributed by atoms with Crippen LogP contribution >= 0.6 is 15.9 Å². The molecule has 1 amide bonds. The zero-order chi connectivity index (χ0) is 19.3. The van der Waals surface area contributed by atoms with Crippen LogP contribution in [0.4, 0.5) is 4.79 Å². The van der Waals surface area contributed by atoms with Crippen LogP contribution in [0.1, 0.15) is 52.0 Å². The fourth-order valence-corrected chi connectivity index (χ4v) is 4.00. The highest BCUT2D eigenvalue weighted by molar-refractivity contribution is 9.10. The van der Waals surface area contributed by atoms with Crippen molar-refractivity contribution < 1.29 is 14.6 Å². The first-order valence-corrected chi connectivity index (χ1v) is 10.0. The van der Waals surface area contributed by atoms with Gasteiger partial charge in [0.15, 0.2) is 0 Å². The molecule has 0 radical (unpaired) electrons. The first kappa shape index (κ1) is 21.0.